The van der Waals surface area contributed by atoms with E-state index in [1.54, 1.807) is 30.5 Å². The highest BCUT2D eigenvalue weighted by atomic mass is 32.1. The number of carbonyl (C=O) groups is 1. The quantitative estimate of drug-likeness (QED) is 0.205. The average molecular weight is 548 g/mol. The summed E-state index contributed by atoms with van der Waals surface area (Å²) in [5.41, 5.74) is 3.77. The van der Waals surface area contributed by atoms with Crippen molar-refractivity contribution in [3.63, 3.8) is 0 Å². The Morgan fingerprint density at radius 1 is 0.950 bits per heavy atom. The van der Waals surface area contributed by atoms with Gasteiger partial charge in [-0.25, -0.2) is 4.79 Å². The molecule has 0 saturated carbocycles. The number of nitrogens with zero attached hydrogens (tertiary/aromatic N) is 2. The summed E-state index contributed by atoms with van der Waals surface area (Å²) >= 11 is 5.83. The van der Waals surface area contributed by atoms with Gasteiger partial charge in [-0.15, -0.1) is 0 Å². The minimum Gasteiger partial charge on any atom is -0.478 e. The first-order valence-electron chi connectivity index (χ1n) is 12.8. The van der Waals surface area contributed by atoms with Crippen LogP contribution < -0.4 is 15.0 Å². The Labute approximate surface area is 236 Å². The van der Waals surface area contributed by atoms with Gasteiger partial charge >= 0.3 is 5.97 Å². The van der Waals surface area contributed by atoms with Crippen molar-refractivity contribution in [1.82, 2.24) is 10.3 Å². The number of furan rings is 1. The molecule has 7 nitrogen and oxygen atoms in total. The summed E-state index contributed by atoms with van der Waals surface area (Å²) in [7, 11) is 0. The number of rotatable bonds is 7. The number of thiocarbonyl (C=S) groups is 1. The Kier molecular flexibility index (Phi) is 6.76. The fourth-order valence-electron chi connectivity index (χ4n) is 4.84. The van der Waals surface area contributed by atoms with Crippen LogP contribution in [0.2, 0.25) is 0 Å². The van der Waals surface area contributed by atoms with E-state index < -0.39 is 5.97 Å². The zero-order valence-electron chi connectivity index (χ0n) is 21.5. The van der Waals surface area contributed by atoms with Gasteiger partial charge < -0.3 is 24.5 Å². The molecule has 8 heteroatoms. The molecule has 0 spiro atoms. The van der Waals surface area contributed by atoms with Crippen LogP contribution in [0.4, 0.5) is 5.69 Å². The van der Waals surface area contributed by atoms with Crippen molar-refractivity contribution in [2.24, 2.45) is 0 Å². The van der Waals surface area contributed by atoms with Gasteiger partial charge in [0.05, 0.1) is 17.3 Å². The third-order valence-corrected chi connectivity index (χ3v) is 7.18. The van der Waals surface area contributed by atoms with E-state index in [0.29, 0.717) is 16.6 Å². The Morgan fingerprint density at radius 3 is 2.40 bits per heavy atom. The second-order valence-corrected chi connectivity index (χ2v) is 9.83. The maximum Gasteiger partial charge on any atom is 0.335 e. The zero-order valence-corrected chi connectivity index (χ0v) is 22.3. The van der Waals surface area contributed by atoms with Crippen molar-refractivity contribution >= 4 is 29.0 Å². The van der Waals surface area contributed by atoms with Gasteiger partial charge in [0.1, 0.15) is 29.1 Å². The molecule has 198 valence electrons. The second-order valence-electron chi connectivity index (χ2n) is 9.44. The molecule has 0 bridgehead atoms. The van der Waals surface area contributed by atoms with Gasteiger partial charge in [-0.2, -0.15) is 0 Å². The van der Waals surface area contributed by atoms with Crippen LogP contribution in [0.15, 0.2) is 114 Å². The molecule has 0 radical (unpaired) electrons. The van der Waals surface area contributed by atoms with E-state index in [9.17, 15) is 9.90 Å². The van der Waals surface area contributed by atoms with E-state index in [-0.39, 0.29) is 17.6 Å². The third-order valence-electron chi connectivity index (χ3n) is 6.87. The number of carboxylic acids is 1. The normalized spacial score (nSPS) is 16.5. The van der Waals surface area contributed by atoms with Crippen LogP contribution >= 0.6 is 12.2 Å². The van der Waals surface area contributed by atoms with Gasteiger partial charge in [0.2, 0.25) is 0 Å². The molecule has 40 heavy (non-hydrogen) atoms. The first-order chi connectivity index (χ1) is 19.5. The molecule has 1 saturated heterocycles. The summed E-state index contributed by atoms with van der Waals surface area (Å²) in [6.45, 7) is 2.01. The molecular weight excluding hydrogens is 522 g/mol. The average Bonchev–Trinajstić information content (AvgIpc) is 3.60. The number of anilines is 1. The lowest BCUT2D eigenvalue weighted by Crippen LogP contribution is -2.29. The van der Waals surface area contributed by atoms with E-state index >= 15 is 0 Å². The SMILES string of the molecule is Cc1ccccc1Oc1ccc(N2C(=S)NC(c3ccccn3)C2c2ccc(-c3ccc(C(=O)O)cc3)o2)cc1. The highest BCUT2D eigenvalue weighted by Gasteiger charge is 2.42. The summed E-state index contributed by atoms with van der Waals surface area (Å²) in [6.07, 6.45) is 1.76. The Balaban J connectivity index is 1.34. The molecule has 3 heterocycles. The molecule has 0 amide bonds. The molecule has 1 aliphatic heterocycles. The minimum atomic E-state index is -0.971. The fraction of sp³-hybridized carbons (Fsp3) is 0.0938. The molecule has 6 rings (SSSR count). The van der Waals surface area contributed by atoms with Gasteiger partial charge in [0.15, 0.2) is 5.11 Å². The minimum absolute atomic E-state index is 0.220. The van der Waals surface area contributed by atoms with E-state index in [2.05, 4.69) is 10.3 Å². The largest absolute Gasteiger partial charge is 0.478 e. The van der Waals surface area contributed by atoms with Crippen LogP contribution in [-0.4, -0.2) is 21.2 Å². The first-order valence-corrected chi connectivity index (χ1v) is 13.2. The van der Waals surface area contributed by atoms with E-state index in [4.69, 9.17) is 21.4 Å². The maximum absolute atomic E-state index is 11.3. The van der Waals surface area contributed by atoms with Gasteiger partial charge in [0.25, 0.3) is 0 Å². The lowest BCUT2D eigenvalue weighted by Gasteiger charge is -2.26. The maximum atomic E-state index is 11.3. The van der Waals surface area contributed by atoms with E-state index in [1.807, 2.05) is 90.7 Å². The van der Waals surface area contributed by atoms with Crippen molar-refractivity contribution in [2.45, 2.75) is 19.0 Å². The summed E-state index contributed by atoms with van der Waals surface area (Å²) in [5.74, 6) is 1.88. The number of nitrogens with one attached hydrogen (secondary N) is 1. The second kappa shape index (κ2) is 10.7. The van der Waals surface area contributed by atoms with Crippen molar-refractivity contribution in [3.8, 4) is 22.8 Å². The van der Waals surface area contributed by atoms with Crippen molar-refractivity contribution in [3.05, 3.63) is 132 Å². The van der Waals surface area contributed by atoms with Crippen LogP contribution in [0.5, 0.6) is 11.5 Å². The first kappa shape index (κ1) is 25.3. The monoisotopic (exact) mass is 547 g/mol. The summed E-state index contributed by atoms with van der Waals surface area (Å²) in [4.78, 5) is 17.9. The number of hydrogen-bond acceptors (Lipinski definition) is 5. The lowest BCUT2D eigenvalue weighted by atomic mass is 10.0. The van der Waals surface area contributed by atoms with Crippen molar-refractivity contribution in [2.75, 3.05) is 4.90 Å². The Morgan fingerprint density at radius 2 is 1.70 bits per heavy atom. The number of aromatic carboxylic acids is 1. The number of aryl methyl sites for hydroxylation is 1. The molecule has 1 aliphatic rings. The molecule has 2 aromatic heterocycles. The number of hydrogen-bond donors (Lipinski definition) is 2. The predicted octanol–water partition coefficient (Wildman–Crippen LogP) is 7.32. The van der Waals surface area contributed by atoms with Crippen molar-refractivity contribution in [1.29, 1.82) is 0 Å². The van der Waals surface area contributed by atoms with Crippen LogP contribution in [0.25, 0.3) is 11.3 Å². The molecule has 2 N–H and O–H groups in total. The number of aromatic nitrogens is 1. The lowest BCUT2D eigenvalue weighted by molar-refractivity contribution is 0.0697. The summed E-state index contributed by atoms with van der Waals surface area (Å²) in [6, 6.07) is 31.3. The molecular formula is C32H25N3O4S. The number of carboxylic acid groups (broad SMARTS) is 1. The van der Waals surface area contributed by atoms with Crippen molar-refractivity contribution < 1.29 is 19.1 Å². The van der Waals surface area contributed by atoms with Crippen LogP contribution in [-0.2, 0) is 0 Å². The topological polar surface area (TPSA) is 87.8 Å². The number of ether oxygens (including phenoxy) is 1. The Hall–Kier alpha value is -4.95. The van der Waals surface area contributed by atoms with E-state index in [1.165, 1.54) is 0 Å². The molecule has 5 aromatic rings. The number of pyridine rings is 1. The van der Waals surface area contributed by atoms with E-state index in [0.717, 1.165) is 34.0 Å². The zero-order chi connectivity index (χ0) is 27.6. The number of benzene rings is 3. The summed E-state index contributed by atoms with van der Waals surface area (Å²) < 4.78 is 12.5. The fourth-order valence-corrected chi connectivity index (χ4v) is 5.18. The molecule has 3 aromatic carbocycles. The highest BCUT2D eigenvalue weighted by Crippen LogP contribution is 2.43. The molecule has 0 aliphatic carbocycles. The van der Waals surface area contributed by atoms with Crippen LogP contribution in [0.3, 0.4) is 0 Å². The molecule has 1 fully saturated rings. The standard InChI is InChI=1S/C32H25N3O4S/c1-20-6-2-3-8-26(20)38-24-15-13-23(14-16-24)35-30(29(34-32(35)40)25-7-4-5-19-33-25)28-18-17-27(39-28)21-9-11-22(12-10-21)31(36)37/h2-19,29-30H,1H3,(H,34,40)(H,36,37). The van der Waals surface area contributed by atoms with Gasteiger partial charge in [-0.1, -0.05) is 36.4 Å². The van der Waals surface area contributed by atoms with Gasteiger partial charge in [-0.3, -0.25) is 4.98 Å². The van der Waals surface area contributed by atoms with Gasteiger partial charge in [-0.05, 0) is 91.4 Å². The smallest absolute Gasteiger partial charge is 0.335 e. The van der Waals surface area contributed by atoms with Crippen LogP contribution in [0.1, 0.15) is 39.5 Å². The third kappa shape index (κ3) is 4.92. The summed E-state index contributed by atoms with van der Waals surface area (Å²) in [5, 5.41) is 13.2. The highest BCUT2D eigenvalue weighted by molar-refractivity contribution is 7.80. The van der Waals surface area contributed by atoms with Gasteiger partial charge in [0, 0.05) is 17.4 Å². The Bertz CT molecular complexity index is 1670. The number of para-hydroxylation sites is 1. The predicted molar refractivity (Wildman–Crippen MR) is 157 cm³/mol. The molecule has 2 atom stereocenters. The van der Waals surface area contributed by atoms with Crippen LogP contribution in [0, 0.1) is 6.92 Å². The molecule has 2 unspecified atom stereocenters.